The monoisotopic (exact) mass is 396 g/mol. The molecule has 0 radical (unpaired) electrons. The van der Waals surface area contributed by atoms with Crippen LogP contribution in [0.3, 0.4) is 0 Å². The zero-order valence-electron chi connectivity index (χ0n) is 16.1. The van der Waals surface area contributed by atoms with E-state index < -0.39 is 0 Å². The van der Waals surface area contributed by atoms with Gasteiger partial charge in [-0.05, 0) is 36.2 Å². The third kappa shape index (κ3) is 5.29. The summed E-state index contributed by atoms with van der Waals surface area (Å²) in [6.45, 7) is 2.81. The molecule has 0 spiro atoms. The Labute approximate surface area is 168 Å². The normalized spacial score (nSPS) is 10.6. The number of amides is 3. The van der Waals surface area contributed by atoms with Crippen molar-refractivity contribution in [1.82, 2.24) is 15.2 Å². The molecule has 1 aromatic heterocycles. The molecule has 0 saturated carbocycles. The molecule has 0 atom stereocenters. The zero-order valence-corrected chi connectivity index (χ0v) is 16.9. The van der Waals surface area contributed by atoms with Gasteiger partial charge in [-0.1, -0.05) is 31.2 Å². The number of nitrogens with one attached hydrogen (secondary N) is 2. The van der Waals surface area contributed by atoms with Gasteiger partial charge in [0, 0.05) is 25.7 Å². The molecule has 3 aromatic rings. The van der Waals surface area contributed by atoms with Gasteiger partial charge in [0.05, 0.1) is 16.8 Å². The first-order valence-corrected chi connectivity index (χ1v) is 10.1. The maximum atomic E-state index is 12.4. The molecule has 3 rings (SSSR count). The first-order chi connectivity index (χ1) is 13.5. The molecule has 2 aromatic carbocycles. The number of thiazole rings is 1. The van der Waals surface area contributed by atoms with E-state index in [1.807, 2.05) is 55.5 Å². The molecule has 0 aliphatic carbocycles. The van der Waals surface area contributed by atoms with Crippen LogP contribution < -0.4 is 10.6 Å². The van der Waals surface area contributed by atoms with Gasteiger partial charge in [0.2, 0.25) is 5.91 Å². The Balaban J connectivity index is 1.53. The smallest absolute Gasteiger partial charge is 0.317 e. The van der Waals surface area contributed by atoms with Crippen molar-refractivity contribution in [3.63, 3.8) is 0 Å². The van der Waals surface area contributed by atoms with E-state index in [4.69, 9.17) is 0 Å². The fourth-order valence-electron chi connectivity index (χ4n) is 2.78. The Kier molecular flexibility index (Phi) is 6.60. The summed E-state index contributed by atoms with van der Waals surface area (Å²) in [5.74, 6) is -0.000691. The number of nitrogens with zero attached hydrogens (tertiary/aromatic N) is 2. The molecule has 6 nitrogen and oxygen atoms in total. The van der Waals surface area contributed by atoms with Gasteiger partial charge in [-0.15, -0.1) is 11.3 Å². The third-order valence-corrected chi connectivity index (χ3v) is 5.21. The second-order valence-corrected chi connectivity index (χ2v) is 7.70. The topological polar surface area (TPSA) is 74.3 Å². The average molecular weight is 397 g/mol. The quantitative estimate of drug-likeness (QED) is 0.622. The molecule has 0 unspecified atom stereocenters. The second-order valence-electron chi connectivity index (χ2n) is 6.59. The van der Waals surface area contributed by atoms with Crippen LogP contribution in [-0.4, -0.2) is 28.9 Å². The number of rotatable bonds is 7. The fourth-order valence-corrected chi connectivity index (χ4v) is 3.81. The van der Waals surface area contributed by atoms with Crippen LogP contribution in [0.1, 0.15) is 30.3 Å². The summed E-state index contributed by atoms with van der Waals surface area (Å²) >= 11 is 1.60. The number of carbonyl (C=O) groups excluding carboxylic acids is 2. The lowest BCUT2D eigenvalue weighted by atomic mass is 10.2. The van der Waals surface area contributed by atoms with Crippen molar-refractivity contribution in [2.45, 2.75) is 32.9 Å². The predicted octanol–water partition coefficient (Wildman–Crippen LogP) is 4.38. The number of hydrogen-bond donors (Lipinski definition) is 2. The predicted molar refractivity (Wildman–Crippen MR) is 113 cm³/mol. The van der Waals surface area contributed by atoms with Crippen LogP contribution in [0.25, 0.3) is 10.2 Å². The Bertz CT molecular complexity index is 937. The Morgan fingerprint density at radius 1 is 1.14 bits per heavy atom. The highest BCUT2D eigenvalue weighted by molar-refractivity contribution is 7.18. The van der Waals surface area contributed by atoms with Gasteiger partial charge in [0.25, 0.3) is 0 Å². The molecule has 3 amide bonds. The fraction of sp³-hybridized carbons (Fsp3) is 0.286. The minimum absolute atomic E-state index is 0.000691. The van der Waals surface area contributed by atoms with Crippen molar-refractivity contribution in [1.29, 1.82) is 0 Å². The van der Waals surface area contributed by atoms with E-state index in [1.165, 1.54) is 0 Å². The molecular formula is C21H24N4O2S. The van der Waals surface area contributed by atoms with Crippen molar-refractivity contribution in [2.75, 3.05) is 12.4 Å². The molecule has 28 heavy (non-hydrogen) atoms. The number of hydrogen-bond acceptors (Lipinski definition) is 4. The summed E-state index contributed by atoms with van der Waals surface area (Å²) in [4.78, 5) is 30.3. The molecule has 0 aliphatic heterocycles. The summed E-state index contributed by atoms with van der Waals surface area (Å²) < 4.78 is 1.12. The maximum Gasteiger partial charge on any atom is 0.317 e. The van der Waals surface area contributed by atoms with Crippen molar-refractivity contribution in [3.8, 4) is 0 Å². The van der Waals surface area contributed by atoms with Crippen LogP contribution in [0.15, 0.2) is 48.5 Å². The van der Waals surface area contributed by atoms with E-state index in [1.54, 1.807) is 23.3 Å². The van der Waals surface area contributed by atoms with Crippen LogP contribution in [0.2, 0.25) is 0 Å². The van der Waals surface area contributed by atoms with Crippen molar-refractivity contribution in [3.05, 3.63) is 59.1 Å². The summed E-state index contributed by atoms with van der Waals surface area (Å²) in [5.41, 5.74) is 2.63. The van der Waals surface area contributed by atoms with Gasteiger partial charge in [0.15, 0.2) is 0 Å². The van der Waals surface area contributed by atoms with Crippen molar-refractivity contribution < 1.29 is 9.59 Å². The number of benzene rings is 2. The van der Waals surface area contributed by atoms with E-state index in [0.29, 0.717) is 19.5 Å². The molecule has 2 N–H and O–H groups in total. The number of para-hydroxylation sites is 1. The molecule has 0 fully saturated rings. The highest BCUT2D eigenvalue weighted by atomic mass is 32.1. The third-order valence-electron chi connectivity index (χ3n) is 4.19. The van der Waals surface area contributed by atoms with E-state index in [-0.39, 0.29) is 11.9 Å². The lowest BCUT2D eigenvalue weighted by Gasteiger charge is -2.17. The lowest BCUT2D eigenvalue weighted by molar-refractivity contribution is -0.116. The van der Waals surface area contributed by atoms with Crippen LogP contribution in [-0.2, 0) is 17.9 Å². The van der Waals surface area contributed by atoms with E-state index in [2.05, 4.69) is 15.6 Å². The number of anilines is 1. The molecular weight excluding hydrogens is 372 g/mol. The zero-order chi connectivity index (χ0) is 19.9. The van der Waals surface area contributed by atoms with Gasteiger partial charge < -0.3 is 15.5 Å². The van der Waals surface area contributed by atoms with E-state index in [9.17, 15) is 9.59 Å². The van der Waals surface area contributed by atoms with Gasteiger partial charge in [-0.25, -0.2) is 9.78 Å². The van der Waals surface area contributed by atoms with E-state index >= 15 is 0 Å². The van der Waals surface area contributed by atoms with Crippen LogP contribution >= 0.6 is 11.3 Å². The minimum atomic E-state index is -0.167. The standard InChI is InChI=1S/C21H24N4O2S/c1-3-7-19(26)23-16-9-6-8-15(12-16)13-22-21(27)25(2)14-20-24-17-10-4-5-11-18(17)28-20/h4-6,8-12H,3,7,13-14H2,1-2H3,(H,22,27)(H,23,26). The van der Waals surface area contributed by atoms with Gasteiger partial charge in [0.1, 0.15) is 5.01 Å². The highest BCUT2D eigenvalue weighted by Gasteiger charge is 2.12. The first kappa shape index (κ1) is 19.8. The molecule has 0 aliphatic rings. The van der Waals surface area contributed by atoms with Crippen LogP contribution in [0, 0.1) is 0 Å². The average Bonchev–Trinajstić information content (AvgIpc) is 3.08. The molecule has 0 saturated heterocycles. The highest BCUT2D eigenvalue weighted by Crippen LogP contribution is 2.22. The molecule has 1 heterocycles. The van der Waals surface area contributed by atoms with Crippen molar-refractivity contribution in [2.24, 2.45) is 0 Å². The molecule has 146 valence electrons. The number of urea groups is 1. The Morgan fingerprint density at radius 2 is 1.96 bits per heavy atom. The molecule has 0 bridgehead atoms. The maximum absolute atomic E-state index is 12.4. The van der Waals surface area contributed by atoms with E-state index in [0.717, 1.165) is 32.9 Å². The Morgan fingerprint density at radius 3 is 2.75 bits per heavy atom. The molecule has 7 heteroatoms. The summed E-state index contributed by atoms with van der Waals surface area (Å²) in [7, 11) is 1.75. The SMILES string of the molecule is CCCC(=O)Nc1cccc(CNC(=O)N(C)Cc2nc3ccccc3s2)c1. The Hall–Kier alpha value is -2.93. The van der Waals surface area contributed by atoms with Gasteiger partial charge in [-0.2, -0.15) is 0 Å². The summed E-state index contributed by atoms with van der Waals surface area (Å²) in [5, 5.41) is 6.68. The summed E-state index contributed by atoms with van der Waals surface area (Å²) in [6.07, 6.45) is 1.31. The number of carbonyl (C=O) groups is 2. The van der Waals surface area contributed by atoms with Gasteiger partial charge in [-0.3, -0.25) is 4.79 Å². The van der Waals surface area contributed by atoms with Crippen molar-refractivity contribution >= 4 is 39.2 Å². The first-order valence-electron chi connectivity index (χ1n) is 9.27. The second kappa shape index (κ2) is 9.32. The minimum Gasteiger partial charge on any atom is -0.334 e. The summed E-state index contributed by atoms with van der Waals surface area (Å²) in [6, 6.07) is 15.3. The van der Waals surface area contributed by atoms with Crippen LogP contribution in [0.4, 0.5) is 10.5 Å². The largest absolute Gasteiger partial charge is 0.334 e. The number of fused-ring (bicyclic) bond motifs is 1. The lowest BCUT2D eigenvalue weighted by Crippen LogP contribution is -2.36. The number of aromatic nitrogens is 1. The van der Waals surface area contributed by atoms with Crippen LogP contribution in [0.5, 0.6) is 0 Å². The van der Waals surface area contributed by atoms with Gasteiger partial charge >= 0.3 is 6.03 Å².